The number of nitrogens with zero attached hydrogens (tertiary/aromatic N) is 1. The van der Waals surface area contributed by atoms with Gasteiger partial charge >= 0.3 is 0 Å². The fourth-order valence-corrected chi connectivity index (χ4v) is 3.73. The first-order valence-corrected chi connectivity index (χ1v) is 8.94. The Morgan fingerprint density at radius 2 is 1.85 bits per heavy atom. The first kappa shape index (κ1) is 16.7. The molecular formula is C20H22N4O2. The lowest BCUT2D eigenvalue weighted by atomic mass is 10.1. The van der Waals surface area contributed by atoms with Gasteiger partial charge in [-0.3, -0.25) is 9.59 Å². The lowest BCUT2D eigenvalue weighted by Crippen LogP contribution is -2.33. The van der Waals surface area contributed by atoms with Crippen LogP contribution in [0.25, 0.3) is 0 Å². The second-order valence-corrected chi connectivity index (χ2v) is 6.96. The Bertz CT molecular complexity index is 827. The third-order valence-electron chi connectivity index (χ3n) is 5.22. The number of nitrogens with one attached hydrogen (secondary N) is 3. The molecule has 3 N–H and O–H groups in total. The van der Waals surface area contributed by atoms with Gasteiger partial charge in [-0.1, -0.05) is 30.3 Å². The summed E-state index contributed by atoms with van der Waals surface area (Å²) < 4.78 is 0. The molecule has 1 saturated carbocycles. The Kier molecular flexibility index (Phi) is 4.42. The van der Waals surface area contributed by atoms with E-state index in [4.69, 9.17) is 0 Å². The number of piperidine rings is 1. The molecule has 4 rings (SSSR count). The van der Waals surface area contributed by atoms with Gasteiger partial charge in [0.05, 0.1) is 0 Å². The molecular weight excluding hydrogens is 328 g/mol. The van der Waals surface area contributed by atoms with Gasteiger partial charge in [-0.15, -0.1) is 0 Å². The Morgan fingerprint density at radius 1 is 1.12 bits per heavy atom. The molecule has 2 unspecified atom stereocenters. The van der Waals surface area contributed by atoms with Crippen molar-refractivity contribution in [2.75, 3.05) is 20.1 Å². The summed E-state index contributed by atoms with van der Waals surface area (Å²) in [6.45, 7) is 1.93. The second-order valence-electron chi connectivity index (χ2n) is 6.96. The molecule has 1 aliphatic carbocycles. The third-order valence-corrected chi connectivity index (χ3v) is 5.22. The molecule has 0 bridgehead atoms. The molecule has 6 heteroatoms. The van der Waals surface area contributed by atoms with E-state index in [1.807, 2.05) is 30.3 Å². The first-order chi connectivity index (χ1) is 12.7. The van der Waals surface area contributed by atoms with Gasteiger partial charge in [0.25, 0.3) is 11.8 Å². The van der Waals surface area contributed by atoms with E-state index < -0.39 is 0 Å². The SMILES string of the molecule is CNC(=O)c1cc(C(=O)NC2C3CNC[C@H]32)cc(Cc2ccccc2)n1. The van der Waals surface area contributed by atoms with E-state index in [0.29, 0.717) is 29.5 Å². The lowest BCUT2D eigenvalue weighted by Gasteiger charge is -2.11. The molecule has 134 valence electrons. The Hall–Kier alpha value is -2.73. The van der Waals surface area contributed by atoms with Gasteiger partial charge in [0, 0.05) is 43.9 Å². The highest BCUT2D eigenvalue weighted by molar-refractivity contribution is 5.98. The number of aromatic nitrogens is 1. The van der Waals surface area contributed by atoms with Crippen LogP contribution in [-0.2, 0) is 6.42 Å². The van der Waals surface area contributed by atoms with Gasteiger partial charge in [-0.25, -0.2) is 4.98 Å². The van der Waals surface area contributed by atoms with Crippen molar-refractivity contribution in [2.45, 2.75) is 12.5 Å². The zero-order valence-electron chi connectivity index (χ0n) is 14.7. The molecule has 0 radical (unpaired) electrons. The van der Waals surface area contributed by atoms with Gasteiger partial charge < -0.3 is 16.0 Å². The fourth-order valence-electron chi connectivity index (χ4n) is 3.73. The summed E-state index contributed by atoms with van der Waals surface area (Å²) in [5.74, 6) is 0.665. The minimum absolute atomic E-state index is 0.133. The number of rotatable bonds is 5. The fraction of sp³-hybridized carbons (Fsp3) is 0.350. The van der Waals surface area contributed by atoms with Gasteiger partial charge in [0.15, 0.2) is 0 Å². The number of benzene rings is 1. The smallest absolute Gasteiger partial charge is 0.269 e. The molecule has 2 heterocycles. The zero-order chi connectivity index (χ0) is 18.1. The van der Waals surface area contributed by atoms with E-state index in [2.05, 4.69) is 20.9 Å². The summed E-state index contributed by atoms with van der Waals surface area (Å²) in [7, 11) is 1.56. The predicted octanol–water partition coefficient (Wildman–Crippen LogP) is 0.980. The van der Waals surface area contributed by atoms with Crippen LogP contribution in [0.5, 0.6) is 0 Å². The number of hydrogen-bond donors (Lipinski definition) is 3. The van der Waals surface area contributed by atoms with E-state index in [-0.39, 0.29) is 23.6 Å². The molecule has 1 saturated heterocycles. The summed E-state index contributed by atoms with van der Waals surface area (Å²) in [5.41, 5.74) is 2.55. The first-order valence-electron chi connectivity index (χ1n) is 8.94. The highest BCUT2D eigenvalue weighted by Gasteiger charge is 2.53. The maximum Gasteiger partial charge on any atom is 0.269 e. The van der Waals surface area contributed by atoms with E-state index in [1.54, 1.807) is 19.2 Å². The van der Waals surface area contributed by atoms with Crippen LogP contribution < -0.4 is 16.0 Å². The molecule has 2 amide bonds. The summed E-state index contributed by atoms with van der Waals surface area (Å²) in [6, 6.07) is 13.5. The van der Waals surface area contributed by atoms with Crippen LogP contribution in [-0.4, -0.2) is 43.0 Å². The Labute approximate surface area is 152 Å². The summed E-state index contributed by atoms with van der Waals surface area (Å²) in [5, 5.41) is 9.01. The Balaban J connectivity index is 1.57. The minimum atomic E-state index is -0.290. The maximum atomic E-state index is 12.7. The normalized spacial score (nSPS) is 23.2. The quantitative estimate of drug-likeness (QED) is 0.751. The van der Waals surface area contributed by atoms with Crippen molar-refractivity contribution >= 4 is 11.8 Å². The number of carbonyl (C=O) groups excluding carboxylic acids is 2. The molecule has 3 atom stereocenters. The van der Waals surface area contributed by atoms with Crippen LogP contribution in [0.15, 0.2) is 42.5 Å². The van der Waals surface area contributed by atoms with Crippen LogP contribution in [0.2, 0.25) is 0 Å². The minimum Gasteiger partial charge on any atom is -0.354 e. The van der Waals surface area contributed by atoms with Crippen LogP contribution in [0.4, 0.5) is 0 Å². The molecule has 2 aliphatic rings. The lowest BCUT2D eigenvalue weighted by molar-refractivity contribution is 0.0946. The van der Waals surface area contributed by atoms with Crippen LogP contribution in [0, 0.1) is 11.8 Å². The average molecular weight is 350 g/mol. The standard InChI is InChI=1S/C20H22N4O2/c1-21-20(26)17-9-13(19(25)24-18-15-10-22-11-16(15)18)8-14(23-17)7-12-5-3-2-4-6-12/h2-6,8-9,15-16,18,22H,7,10-11H2,1H3,(H,21,26)(H,24,25)/t15-,16?,18?/m1/s1. The molecule has 0 spiro atoms. The van der Waals surface area contributed by atoms with Crippen LogP contribution in [0.1, 0.15) is 32.1 Å². The maximum absolute atomic E-state index is 12.7. The monoisotopic (exact) mass is 350 g/mol. The molecule has 2 aromatic rings. The predicted molar refractivity (Wildman–Crippen MR) is 98.0 cm³/mol. The van der Waals surface area contributed by atoms with Crippen molar-refractivity contribution in [3.63, 3.8) is 0 Å². The van der Waals surface area contributed by atoms with E-state index in [1.165, 1.54) is 0 Å². The topological polar surface area (TPSA) is 83.1 Å². The van der Waals surface area contributed by atoms with Crippen molar-refractivity contribution in [1.82, 2.24) is 20.9 Å². The summed E-state index contributed by atoms with van der Waals surface area (Å²) in [4.78, 5) is 29.2. The second kappa shape index (κ2) is 6.88. The van der Waals surface area contributed by atoms with Gasteiger partial charge in [0.2, 0.25) is 0 Å². The van der Waals surface area contributed by atoms with Crippen molar-refractivity contribution in [1.29, 1.82) is 0 Å². The van der Waals surface area contributed by atoms with Crippen LogP contribution >= 0.6 is 0 Å². The highest BCUT2D eigenvalue weighted by atomic mass is 16.2. The molecule has 6 nitrogen and oxygen atoms in total. The number of pyridine rings is 1. The number of fused-ring (bicyclic) bond motifs is 1. The summed E-state index contributed by atoms with van der Waals surface area (Å²) in [6.07, 6.45) is 0.574. The van der Waals surface area contributed by atoms with E-state index in [0.717, 1.165) is 18.7 Å². The zero-order valence-corrected chi connectivity index (χ0v) is 14.7. The third kappa shape index (κ3) is 3.32. The molecule has 1 aliphatic heterocycles. The number of carbonyl (C=O) groups is 2. The molecule has 1 aromatic carbocycles. The highest BCUT2D eigenvalue weighted by Crippen LogP contribution is 2.41. The van der Waals surface area contributed by atoms with Crippen molar-refractivity contribution in [3.05, 3.63) is 65.0 Å². The van der Waals surface area contributed by atoms with Crippen molar-refractivity contribution in [2.24, 2.45) is 11.8 Å². The Morgan fingerprint density at radius 3 is 2.54 bits per heavy atom. The average Bonchev–Trinajstić information content (AvgIpc) is 3.08. The largest absolute Gasteiger partial charge is 0.354 e. The van der Waals surface area contributed by atoms with E-state index >= 15 is 0 Å². The summed E-state index contributed by atoms with van der Waals surface area (Å²) >= 11 is 0. The molecule has 2 fully saturated rings. The van der Waals surface area contributed by atoms with Crippen molar-refractivity contribution in [3.8, 4) is 0 Å². The number of amides is 2. The number of hydrogen-bond acceptors (Lipinski definition) is 4. The van der Waals surface area contributed by atoms with Gasteiger partial charge in [-0.05, 0) is 29.5 Å². The molecule has 26 heavy (non-hydrogen) atoms. The van der Waals surface area contributed by atoms with E-state index in [9.17, 15) is 9.59 Å². The van der Waals surface area contributed by atoms with Crippen molar-refractivity contribution < 1.29 is 9.59 Å². The van der Waals surface area contributed by atoms with Gasteiger partial charge in [-0.2, -0.15) is 0 Å². The molecule has 1 aromatic heterocycles. The van der Waals surface area contributed by atoms with Crippen LogP contribution in [0.3, 0.4) is 0 Å². The van der Waals surface area contributed by atoms with Gasteiger partial charge in [0.1, 0.15) is 5.69 Å².